The molecule has 0 heterocycles. The van der Waals surface area contributed by atoms with Crippen molar-refractivity contribution >= 4 is 33.4 Å². The Bertz CT molecular complexity index is 387. The maximum absolute atomic E-state index is 13.4. The zero-order valence-corrected chi connectivity index (χ0v) is 11.7. The third-order valence-electron chi connectivity index (χ3n) is 2.27. The van der Waals surface area contributed by atoms with Crippen molar-refractivity contribution in [2.75, 3.05) is 11.9 Å². The van der Waals surface area contributed by atoms with E-state index < -0.39 is 11.7 Å². The van der Waals surface area contributed by atoms with E-state index >= 15 is 0 Å². The normalized spacial score (nSPS) is 10.3. The van der Waals surface area contributed by atoms with Gasteiger partial charge in [-0.2, -0.15) is 0 Å². The third kappa shape index (κ3) is 5.04. The molecule has 0 aliphatic carbocycles. The average molecular weight is 323 g/mol. The van der Waals surface area contributed by atoms with E-state index in [0.717, 1.165) is 30.7 Å². The second-order valence-electron chi connectivity index (χ2n) is 3.63. The summed E-state index contributed by atoms with van der Waals surface area (Å²) in [4.78, 5) is 11.6. The molecule has 5 heteroatoms. The summed E-state index contributed by atoms with van der Waals surface area (Å²) in [5, 5.41) is 3.93. The number of alkyl halides is 1. The second kappa shape index (κ2) is 7.67. The predicted octanol–water partition coefficient (Wildman–Crippen LogP) is 3.77. The standard InChI is InChI=1S/C12H14BrClFNO/c13-6-2-1-3-7-16-12(17)10-5-4-9(14)8-11(10)15/h4-5,8H,1-3,6-7H2,(H,16,17). The van der Waals surface area contributed by atoms with Gasteiger partial charge in [0.15, 0.2) is 0 Å². The summed E-state index contributed by atoms with van der Waals surface area (Å²) >= 11 is 8.94. The molecule has 0 atom stereocenters. The van der Waals surface area contributed by atoms with Gasteiger partial charge in [0.05, 0.1) is 5.56 Å². The van der Waals surface area contributed by atoms with Crippen LogP contribution in [-0.2, 0) is 0 Å². The predicted molar refractivity (Wildman–Crippen MR) is 71.4 cm³/mol. The van der Waals surface area contributed by atoms with Crippen LogP contribution in [0.1, 0.15) is 29.6 Å². The topological polar surface area (TPSA) is 29.1 Å². The van der Waals surface area contributed by atoms with Crippen LogP contribution in [0, 0.1) is 5.82 Å². The molecular formula is C12H14BrClFNO. The van der Waals surface area contributed by atoms with Gasteiger partial charge in [-0.05, 0) is 31.0 Å². The lowest BCUT2D eigenvalue weighted by Crippen LogP contribution is -2.25. The van der Waals surface area contributed by atoms with Crippen LogP contribution in [0.15, 0.2) is 18.2 Å². The molecule has 1 rings (SSSR count). The van der Waals surface area contributed by atoms with Crippen LogP contribution in [0.25, 0.3) is 0 Å². The van der Waals surface area contributed by atoms with Crippen molar-refractivity contribution in [2.45, 2.75) is 19.3 Å². The molecule has 0 bridgehead atoms. The van der Waals surface area contributed by atoms with Crippen molar-refractivity contribution in [1.82, 2.24) is 5.32 Å². The molecule has 1 aromatic rings. The quantitative estimate of drug-likeness (QED) is 0.627. The molecule has 1 amide bonds. The van der Waals surface area contributed by atoms with Gasteiger partial charge in [-0.3, -0.25) is 4.79 Å². The van der Waals surface area contributed by atoms with E-state index in [0.29, 0.717) is 6.54 Å². The summed E-state index contributed by atoms with van der Waals surface area (Å²) in [6.07, 6.45) is 3.01. The number of benzene rings is 1. The average Bonchev–Trinajstić information content (AvgIpc) is 2.28. The summed E-state index contributed by atoms with van der Waals surface area (Å²) < 4.78 is 13.4. The lowest BCUT2D eigenvalue weighted by Gasteiger charge is -2.06. The summed E-state index contributed by atoms with van der Waals surface area (Å²) in [6, 6.07) is 4.04. The van der Waals surface area contributed by atoms with Gasteiger partial charge >= 0.3 is 0 Å². The monoisotopic (exact) mass is 321 g/mol. The van der Waals surface area contributed by atoms with Gasteiger partial charge in [0, 0.05) is 16.9 Å². The fraction of sp³-hybridized carbons (Fsp3) is 0.417. The van der Waals surface area contributed by atoms with Crippen LogP contribution < -0.4 is 5.32 Å². The molecule has 1 N–H and O–H groups in total. The summed E-state index contributed by atoms with van der Waals surface area (Å²) in [5.41, 5.74) is 0.0369. The van der Waals surface area contributed by atoms with Gasteiger partial charge in [-0.15, -0.1) is 0 Å². The molecule has 0 saturated carbocycles. The lowest BCUT2D eigenvalue weighted by molar-refractivity contribution is 0.0949. The fourth-order valence-electron chi connectivity index (χ4n) is 1.37. The first-order chi connectivity index (χ1) is 8.15. The molecule has 0 aliphatic rings. The largest absolute Gasteiger partial charge is 0.352 e. The molecule has 0 radical (unpaired) electrons. The van der Waals surface area contributed by atoms with Crippen molar-refractivity contribution in [1.29, 1.82) is 0 Å². The maximum Gasteiger partial charge on any atom is 0.254 e. The third-order valence-corrected chi connectivity index (χ3v) is 3.07. The number of carbonyl (C=O) groups is 1. The van der Waals surface area contributed by atoms with Crippen LogP contribution in [0.2, 0.25) is 5.02 Å². The smallest absolute Gasteiger partial charge is 0.254 e. The SMILES string of the molecule is O=C(NCCCCCBr)c1ccc(Cl)cc1F. The number of halogens is 3. The molecule has 0 spiro atoms. The number of unbranched alkanes of at least 4 members (excludes halogenated alkanes) is 2. The maximum atomic E-state index is 13.4. The number of nitrogens with one attached hydrogen (secondary N) is 1. The zero-order valence-electron chi connectivity index (χ0n) is 9.31. The molecule has 94 valence electrons. The van der Waals surface area contributed by atoms with Crippen LogP contribution in [0.3, 0.4) is 0 Å². The number of hydrogen-bond acceptors (Lipinski definition) is 1. The Morgan fingerprint density at radius 1 is 1.35 bits per heavy atom. The van der Waals surface area contributed by atoms with E-state index in [1.807, 2.05) is 0 Å². The highest BCUT2D eigenvalue weighted by Gasteiger charge is 2.10. The molecule has 0 aromatic heterocycles. The molecular weight excluding hydrogens is 308 g/mol. The lowest BCUT2D eigenvalue weighted by atomic mass is 10.2. The first-order valence-electron chi connectivity index (χ1n) is 5.44. The minimum Gasteiger partial charge on any atom is -0.352 e. The van der Waals surface area contributed by atoms with Crippen LogP contribution in [0.4, 0.5) is 4.39 Å². The van der Waals surface area contributed by atoms with Crippen molar-refractivity contribution in [3.63, 3.8) is 0 Å². The van der Waals surface area contributed by atoms with E-state index in [1.54, 1.807) is 0 Å². The molecule has 17 heavy (non-hydrogen) atoms. The molecule has 0 saturated heterocycles. The number of carbonyl (C=O) groups excluding carboxylic acids is 1. The van der Waals surface area contributed by atoms with Gasteiger partial charge in [-0.1, -0.05) is 34.0 Å². The second-order valence-corrected chi connectivity index (χ2v) is 4.86. The zero-order chi connectivity index (χ0) is 12.7. The van der Waals surface area contributed by atoms with E-state index in [1.165, 1.54) is 12.1 Å². The molecule has 2 nitrogen and oxygen atoms in total. The van der Waals surface area contributed by atoms with Crippen molar-refractivity contribution in [2.24, 2.45) is 0 Å². The van der Waals surface area contributed by atoms with Crippen LogP contribution >= 0.6 is 27.5 Å². The van der Waals surface area contributed by atoms with Crippen molar-refractivity contribution in [3.8, 4) is 0 Å². The van der Waals surface area contributed by atoms with Gasteiger partial charge < -0.3 is 5.32 Å². The number of rotatable bonds is 6. The van der Waals surface area contributed by atoms with Gasteiger partial charge in [0.2, 0.25) is 0 Å². The Kier molecular flexibility index (Phi) is 6.52. The molecule has 1 aromatic carbocycles. The van der Waals surface area contributed by atoms with E-state index in [9.17, 15) is 9.18 Å². The Labute approximate surface area is 114 Å². The van der Waals surface area contributed by atoms with Crippen molar-refractivity contribution in [3.05, 3.63) is 34.6 Å². The summed E-state index contributed by atoms with van der Waals surface area (Å²) in [6.45, 7) is 0.563. The van der Waals surface area contributed by atoms with E-state index in [2.05, 4.69) is 21.2 Å². The molecule has 0 unspecified atom stereocenters. The van der Waals surface area contributed by atoms with Crippen molar-refractivity contribution < 1.29 is 9.18 Å². The molecule has 0 fully saturated rings. The highest BCUT2D eigenvalue weighted by atomic mass is 79.9. The van der Waals surface area contributed by atoms with Gasteiger partial charge in [-0.25, -0.2) is 4.39 Å². The van der Waals surface area contributed by atoms with Gasteiger partial charge in [0.1, 0.15) is 5.82 Å². The van der Waals surface area contributed by atoms with Gasteiger partial charge in [0.25, 0.3) is 5.91 Å². The Morgan fingerprint density at radius 3 is 2.76 bits per heavy atom. The van der Waals surface area contributed by atoms with E-state index in [-0.39, 0.29) is 10.6 Å². The summed E-state index contributed by atoms with van der Waals surface area (Å²) in [7, 11) is 0. The highest BCUT2D eigenvalue weighted by Crippen LogP contribution is 2.14. The Balaban J connectivity index is 2.42. The minimum absolute atomic E-state index is 0.0369. The number of amides is 1. The van der Waals surface area contributed by atoms with Crippen LogP contribution in [0.5, 0.6) is 0 Å². The first kappa shape index (κ1) is 14.5. The first-order valence-corrected chi connectivity index (χ1v) is 6.94. The number of hydrogen-bond donors (Lipinski definition) is 1. The Morgan fingerprint density at radius 2 is 2.12 bits per heavy atom. The fourth-order valence-corrected chi connectivity index (χ4v) is 1.92. The van der Waals surface area contributed by atoms with Crippen LogP contribution in [-0.4, -0.2) is 17.8 Å². The Hall–Kier alpha value is -0.610. The van der Waals surface area contributed by atoms with E-state index in [4.69, 9.17) is 11.6 Å². The minimum atomic E-state index is -0.588. The summed E-state index contributed by atoms with van der Waals surface area (Å²) in [5.74, 6) is -0.978. The highest BCUT2D eigenvalue weighted by molar-refractivity contribution is 9.09. The molecule has 0 aliphatic heterocycles.